The van der Waals surface area contributed by atoms with Gasteiger partial charge < -0.3 is 4.42 Å². The van der Waals surface area contributed by atoms with Crippen molar-refractivity contribution in [1.29, 1.82) is 0 Å². The third-order valence-corrected chi connectivity index (χ3v) is 5.73. The Bertz CT molecular complexity index is 980. The molecule has 0 aliphatic carbocycles. The largest absolute Gasteiger partial charge is 0.409 e. The van der Waals surface area contributed by atoms with Gasteiger partial charge in [0.15, 0.2) is 0 Å². The summed E-state index contributed by atoms with van der Waals surface area (Å²) in [4.78, 5) is 14.5. The van der Waals surface area contributed by atoms with Crippen LogP contribution < -0.4 is 0 Å². The lowest BCUT2D eigenvalue weighted by Crippen LogP contribution is -2.26. The van der Waals surface area contributed by atoms with Crippen molar-refractivity contribution >= 4 is 29.2 Å². The molecule has 134 valence electrons. The molecule has 0 radical (unpaired) electrons. The Morgan fingerprint density at radius 3 is 3.04 bits per heavy atom. The van der Waals surface area contributed by atoms with Gasteiger partial charge in [-0.3, -0.25) is 15.0 Å². The molecule has 2 aromatic heterocycles. The summed E-state index contributed by atoms with van der Waals surface area (Å²) in [6, 6.07) is 10.8. The number of aromatic nitrogens is 2. The zero-order valence-electron chi connectivity index (χ0n) is 13.8. The molecule has 1 fully saturated rings. The number of nitro groups is 1. The Morgan fingerprint density at radius 2 is 2.27 bits per heavy atom. The standard InChI is InChI=1S/C17H16N4O3S2/c22-21(23)13-5-1-4-12(10-13)16-18-20(17(25)24-16)11-19-8-2-6-14(19)15-7-3-9-26-15/h1,3-5,7,9-10,14H,2,6,8,11H2/t14-/m0/s1. The first-order chi connectivity index (χ1) is 12.6. The predicted molar refractivity (Wildman–Crippen MR) is 100 cm³/mol. The average Bonchev–Trinajstić information content (AvgIpc) is 3.37. The van der Waals surface area contributed by atoms with Gasteiger partial charge in [-0.15, -0.1) is 16.4 Å². The number of nitrogens with zero attached hydrogens (tertiary/aromatic N) is 4. The van der Waals surface area contributed by atoms with Gasteiger partial charge in [0, 0.05) is 35.2 Å². The maximum atomic E-state index is 11.0. The summed E-state index contributed by atoms with van der Waals surface area (Å²) in [5.41, 5.74) is 0.538. The highest BCUT2D eigenvalue weighted by molar-refractivity contribution is 7.71. The fraction of sp³-hybridized carbons (Fsp3) is 0.294. The molecule has 0 amide bonds. The quantitative estimate of drug-likeness (QED) is 0.360. The van der Waals surface area contributed by atoms with Crippen LogP contribution in [0.15, 0.2) is 46.2 Å². The number of likely N-dealkylation sites (tertiary alicyclic amines) is 1. The van der Waals surface area contributed by atoms with Gasteiger partial charge in [-0.2, -0.15) is 0 Å². The van der Waals surface area contributed by atoms with Crippen LogP contribution in [0, 0.1) is 15.0 Å². The van der Waals surface area contributed by atoms with Crippen molar-refractivity contribution in [1.82, 2.24) is 14.7 Å². The smallest absolute Gasteiger partial charge is 0.288 e. The molecule has 1 aliphatic rings. The molecule has 0 bridgehead atoms. The Balaban J connectivity index is 1.58. The maximum Gasteiger partial charge on any atom is 0.288 e. The summed E-state index contributed by atoms with van der Waals surface area (Å²) in [6.07, 6.45) is 2.24. The van der Waals surface area contributed by atoms with Crippen LogP contribution in [0.25, 0.3) is 11.5 Å². The summed E-state index contributed by atoms with van der Waals surface area (Å²) in [7, 11) is 0. The molecule has 26 heavy (non-hydrogen) atoms. The average molecular weight is 388 g/mol. The van der Waals surface area contributed by atoms with Gasteiger partial charge in [0.2, 0.25) is 5.89 Å². The molecule has 0 spiro atoms. The van der Waals surface area contributed by atoms with E-state index in [1.807, 2.05) is 0 Å². The van der Waals surface area contributed by atoms with Gasteiger partial charge in [0.1, 0.15) is 0 Å². The Morgan fingerprint density at radius 1 is 1.38 bits per heavy atom. The van der Waals surface area contributed by atoms with E-state index in [0.29, 0.717) is 24.2 Å². The van der Waals surface area contributed by atoms with E-state index in [2.05, 4.69) is 27.5 Å². The second-order valence-corrected chi connectivity index (χ2v) is 7.44. The van der Waals surface area contributed by atoms with Gasteiger partial charge in [-0.05, 0) is 42.6 Å². The fourth-order valence-electron chi connectivity index (χ4n) is 3.24. The van der Waals surface area contributed by atoms with Crippen LogP contribution in [0.4, 0.5) is 5.69 Å². The van der Waals surface area contributed by atoms with Crippen molar-refractivity contribution in [2.75, 3.05) is 6.54 Å². The van der Waals surface area contributed by atoms with Crippen LogP contribution in [0.5, 0.6) is 0 Å². The number of non-ortho nitro benzene ring substituents is 1. The molecule has 1 atom stereocenters. The van der Waals surface area contributed by atoms with Crippen molar-refractivity contribution in [3.63, 3.8) is 0 Å². The number of hydrogen-bond donors (Lipinski definition) is 0. The summed E-state index contributed by atoms with van der Waals surface area (Å²) in [5, 5.41) is 17.5. The number of rotatable bonds is 5. The zero-order valence-corrected chi connectivity index (χ0v) is 15.4. The molecule has 0 saturated carbocycles. The highest BCUT2D eigenvalue weighted by Crippen LogP contribution is 2.34. The lowest BCUT2D eigenvalue weighted by molar-refractivity contribution is -0.384. The Hall–Kier alpha value is -2.36. The van der Waals surface area contributed by atoms with Crippen molar-refractivity contribution in [3.8, 4) is 11.5 Å². The molecular weight excluding hydrogens is 372 g/mol. The first-order valence-electron chi connectivity index (χ1n) is 8.22. The van der Waals surface area contributed by atoms with Crippen LogP contribution in [-0.4, -0.2) is 26.1 Å². The van der Waals surface area contributed by atoms with Gasteiger partial charge in [0.25, 0.3) is 10.5 Å². The van der Waals surface area contributed by atoms with E-state index in [4.69, 9.17) is 16.6 Å². The second-order valence-electron chi connectivity index (χ2n) is 6.11. The molecule has 9 heteroatoms. The van der Waals surface area contributed by atoms with Crippen LogP contribution in [0.3, 0.4) is 0 Å². The minimum absolute atomic E-state index is 0.00419. The van der Waals surface area contributed by atoms with Crippen LogP contribution in [-0.2, 0) is 6.67 Å². The molecule has 4 rings (SSSR count). The van der Waals surface area contributed by atoms with Gasteiger partial charge in [-0.25, -0.2) is 4.68 Å². The number of thiophene rings is 1. The van der Waals surface area contributed by atoms with Crippen LogP contribution >= 0.6 is 23.6 Å². The number of nitro benzene ring substituents is 1. The van der Waals surface area contributed by atoms with E-state index in [9.17, 15) is 10.1 Å². The molecular formula is C17H16N4O3S2. The highest BCUT2D eigenvalue weighted by Gasteiger charge is 2.27. The molecule has 3 aromatic rings. The fourth-order valence-corrected chi connectivity index (χ4v) is 4.31. The molecule has 1 saturated heterocycles. The normalized spacial score (nSPS) is 17.6. The topological polar surface area (TPSA) is 77.3 Å². The van der Waals surface area contributed by atoms with Crippen LogP contribution in [0.2, 0.25) is 0 Å². The maximum absolute atomic E-state index is 11.0. The number of benzene rings is 1. The van der Waals surface area contributed by atoms with Crippen LogP contribution in [0.1, 0.15) is 23.8 Å². The van der Waals surface area contributed by atoms with Gasteiger partial charge in [-0.1, -0.05) is 12.1 Å². The van der Waals surface area contributed by atoms with Gasteiger partial charge in [0.05, 0.1) is 11.6 Å². The monoisotopic (exact) mass is 388 g/mol. The molecule has 0 unspecified atom stereocenters. The van der Waals surface area contributed by atoms with Crippen molar-refractivity contribution in [2.45, 2.75) is 25.6 Å². The zero-order chi connectivity index (χ0) is 18.1. The molecule has 0 N–H and O–H groups in total. The molecule has 1 aliphatic heterocycles. The SMILES string of the molecule is O=[N+]([O-])c1cccc(-c2nn(CN3CCC[C@H]3c3cccs3)c(=S)o2)c1. The first-order valence-corrected chi connectivity index (χ1v) is 9.51. The highest BCUT2D eigenvalue weighted by atomic mass is 32.1. The summed E-state index contributed by atoms with van der Waals surface area (Å²) >= 11 is 7.07. The van der Waals surface area contributed by atoms with E-state index in [1.165, 1.54) is 17.0 Å². The minimum atomic E-state index is -0.440. The van der Waals surface area contributed by atoms with E-state index >= 15 is 0 Å². The van der Waals surface area contributed by atoms with E-state index in [1.54, 1.807) is 28.2 Å². The number of hydrogen-bond acceptors (Lipinski definition) is 7. The van der Waals surface area contributed by atoms with Crippen molar-refractivity contribution in [3.05, 3.63) is 61.6 Å². The predicted octanol–water partition coefficient (Wildman–Crippen LogP) is 4.64. The van der Waals surface area contributed by atoms with E-state index in [0.717, 1.165) is 19.4 Å². The van der Waals surface area contributed by atoms with Gasteiger partial charge >= 0.3 is 0 Å². The molecule has 3 heterocycles. The third-order valence-electron chi connectivity index (χ3n) is 4.46. The summed E-state index contributed by atoms with van der Waals surface area (Å²) in [5.74, 6) is 0.297. The lowest BCUT2D eigenvalue weighted by atomic mass is 10.2. The van der Waals surface area contributed by atoms with E-state index in [-0.39, 0.29) is 10.5 Å². The minimum Gasteiger partial charge on any atom is -0.409 e. The summed E-state index contributed by atoms with van der Waals surface area (Å²) in [6.45, 7) is 1.52. The Kier molecular flexibility index (Phi) is 4.66. The third kappa shape index (κ3) is 3.33. The lowest BCUT2D eigenvalue weighted by Gasteiger charge is -2.22. The second kappa shape index (κ2) is 7.10. The molecule has 1 aromatic carbocycles. The Labute approximate surface area is 158 Å². The molecule has 7 nitrogen and oxygen atoms in total. The van der Waals surface area contributed by atoms with Crippen molar-refractivity contribution < 1.29 is 9.34 Å². The summed E-state index contributed by atoms with van der Waals surface area (Å²) < 4.78 is 7.24. The first kappa shape index (κ1) is 17.1. The van der Waals surface area contributed by atoms with Crippen molar-refractivity contribution in [2.24, 2.45) is 0 Å². The van der Waals surface area contributed by atoms with E-state index < -0.39 is 4.92 Å².